The van der Waals surface area contributed by atoms with Crippen LogP contribution in [0.3, 0.4) is 0 Å². The van der Waals surface area contributed by atoms with Gasteiger partial charge in [0.1, 0.15) is 17.2 Å². The van der Waals surface area contributed by atoms with Gasteiger partial charge in [-0.1, -0.05) is 18.2 Å². The topological polar surface area (TPSA) is 116 Å². The van der Waals surface area contributed by atoms with Gasteiger partial charge < -0.3 is 21.1 Å². The van der Waals surface area contributed by atoms with E-state index in [9.17, 15) is 0 Å². The molecule has 8 heteroatoms. The van der Waals surface area contributed by atoms with Crippen LogP contribution in [0.4, 0.5) is 22.7 Å². The van der Waals surface area contributed by atoms with E-state index in [4.69, 9.17) is 21.6 Å². The molecule has 0 spiro atoms. The van der Waals surface area contributed by atoms with E-state index in [1.165, 1.54) is 7.11 Å². The highest BCUT2D eigenvalue weighted by Gasteiger charge is 2.30. The third-order valence-electron chi connectivity index (χ3n) is 4.01. The highest BCUT2D eigenvalue weighted by Crippen LogP contribution is 2.33. The summed E-state index contributed by atoms with van der Waals surface area (Å²) < 4.78 is 5.26. The molecule has 0 unspecified atom stereocenters. The van der Waals surface area contributed by atoms with Gasteiger partial charge in [-0.25, -0.2) is 10.0 Å². The molecule has 1 aliphatic rings. The van der Waals surface area contributed by atoms with Crippen LogP contribution in [0, 0.1) is 5.41 Å². The summed E-state index contributed by atoms with van der Waals surface area (Å²) in [6.07, 6.45) is 0. The smallest absolute Gasteiger partial charge is 0.174 e. The lowest BCUT2D eigenvalue weighted by molar-refractivity contribution is 0.417. The molecule has 0 aliphatic carbocycles. The van der Waals surface area contributed by atoms with Gasteiger partial charge >= 0.3 is 0 Å². The maximum atomic E-state index is 8.60. The predicted molar refractivity (Wildman–Crippen MR) is 112 cm³/mol. The van der Waals surface area contributed by atoms with E-state index < -0.39 is 0 Å². The monoisotopic (exact) mass is 365 g/mol. The largest absolute Gasteiger partial charge is 0.495 e. The van der Waals surface area contributed by atoms with Crippen molar-refractivity contribution in [3.63, 3.8) is 0 Å². The lowest BCUT2D eigenvalue weighted by Gasteiger charge is -2.13. The number of aliphatic imine (C=N–C) groups is 1. The number of methoxy groups -OCH3 is 1. The Morgan fingerprint density at radius 2 is 1.85 bits per heavy atom. The van der Waals surface area contributed by atoms with Gasteiger partial charge in [-0.05, 0) is 32.3 Å². The quantitative estimate of drug-likeness (QED) is 0.703. The van der Waals surface area contributed by atoms with Crippen LogP contribution in [0.1, 0.15) is 0 Å². The van der Waals surface area contributed by atoms with E-state index in [1.54, 1.807) is 17.1 Å². The van der Waals surface area contributed by atoms with E-state index in [1.807, 2.05) is 49.3 Å². The first-order valence-corrected chi connectivity index (χ1v) is 8.39. The number of nitrogens with one attached hydrogen (secondary N) is 1. The zero-order valence-electron chi connectivity index (χ0n) is 15.6. The van der Waals surface area contributed by atoms with Gasteiger partial charge in [0.25, 0.3) is 0 Å². The van der Waals surface area contributed by atoms with Crippen LogP contribution in [-0.4, -0.2) is 49.9 Å². The molecule has 0 atom stereocenters. The molecule has 3 rings (SSSR count). The van der Waals surface area contributed by atoms with Crippen LogP contribution >= 0.6 is 0 Å². The maximum absolute atomic E-state index is 8.60. The third kappa shape index (κ3) is 3.75. The molecule has 8 nitrogen and oxygen atoms in total. The number of benzene rings is 2. The Kier molecular flexibility index (Phi) is 5.09. The number of nitrogen functional groups attached to an aromatic ring is 2. The standard InChI is InChI=1S/C19H23N7O/c1-25(2)11-16-18(19(22)26(24-16)12-7-5-4-6-8-12)23-15-10-17(27-3)14(21)9-13(15)20/h4-10,22H,11,20-21H2,1-3H3. The number of anilines is 3. The molecule has 5 N–H and O–H groups in total. The third-order valence-corrected chi connectivity index (χ3v) is 4.01. The van der Waals surface area contributed by atoms with Crippen molar-refractivity contribution >= 4 is 40.0 Å². The van der Waals surface area contributed by atoms with Crippen molar-refractivity contribution in [1.29, 1.82) is 5.41 Å². The fourth-order valence-corrected chi connectivity index (χ4v) is 2.73. The molecule has 27 heavy (non-hydrogen) atoms. The molecule has 0 amide bonds. The van der Waals surface area contributed by atoms with Crippen LogP contribution in [-0.2, 0) is 0 Å². The fraction of sp³-hybridized carbons (Fsp3) is 0.211. The molecular formula is C19H23N7O. The minimum absolute atomic E-state index is 0.188. The lowest BCUT2D eigenvalue weighted by Crippen LogP contribution is -2.31. The Morgan fingerprint density at radius 1 is 1.15 bits per heavy atom. The lowest BCUT2D eigenvalue weighted by atomic mass is 10.2. The first-order valence-electron chi connectivity index (χ1n) is 8.39. The summed E-state index contributed by atoms with van der Waals surface area (Å²) in [5, 5.41) is 14.8. The normalized spacial score (nSPS) is 15.6. The van der Waals surface area contributed by atoms with Crippen LogP contribution in [0.15, 0.2) is 52.6 Å². The molecule has 0 saturated carbocycles. The first kappa shape index (κ1) is 18.4. The van der Waals surface area contributed by atoms with Crippen LogP contribution < -0.4 is 21.2 Å². The second kappa shape index (κ2) is 7.46. The summed E-state index contributed by atoms with van der Waals surface area (Å²) in [5.74, 6) is 0.673. The van der Waals surface area contributed by atoms with Gasteiger partial charge in [-0.15, -0.1) is 0 Å². The van der Waals surface area contributed by atoms with Crippen LogP contribution in [0.2, 0.25) is 0 Å². The Balaban J connectivity index is 2.06. The van der Waals surface area contributed by atoms with Crippen molar-refractivity contribution in [2.75, 3.05) is 44.2 Å². The van der Waals surface area contributed by atoms with E-state index in [0.717, 1.165) is 5.69 Å². The molecule has 0 radical (unpaired) electrons. The van der Waals surface area contributed by atoms with Gasteiger partial charge in [0.05, 0.1) is 29.9 Å². The number of hydrogen-bond donors (Lipinski definition) is 3. The highest BCUT2D eigenvalue weighted by molar-refractivity contribution is 6.73. The van der Waals surface area contributed by atoms with Crippen LogP contribution in [0.5, 0.6) is 5.75 Å². The zero-order valence-corrected chi connectivity index (χ0v) is 15.6. The van der Waals surface area contributed by atoms with Crippen molar-refractivity contribution in [3.8, 4) is 5.75 Å². The summed E-state index contributed by atoms with van der Waals surface area (Å²) in [4.78, 5) is 6.61. The molecule has 0 fully saturated rings. The first-order chi connectivity index (χ1) is 12.9. The van der Waals surface area contributed by atoms with Crippen molar-refractivity contribution in [2.45, 2.75) is 0 Å². The average Bonchev–Trinajstić information content (AvgIpc) is 2.93. The molecule has 1 heterocycles. The average molecular weight is 365 g/mol. The van der Waals surface area contributed by atoms with E-state index in [0.29, 0.717) is 40.8 Å². The minimum Gasteiger partial charge on any atom is -0.495 e. The van der Waals surface area contributed by atoms with Gasteiger partial charge in [-0.3, -0.25) is 5.41 Å². The summed E-state index contributed by atoms with van der Waals surface area (Å²) in [7, 11) is 5.41. The molecule has 1 aliphatic heterocycles. The number of nitrogens with two attached hydrogens (primary N) is 2. The predicted octanol–water partition coefficient (Wildman–Crippen LogP) is 2.35. The van der Waals surface area contributed by atoms with Crippen molar-refractivity contribution in [3.05, 3.63) is 42.5 Å². The van der Waals surface area contributed by atoms with Gasteiger partial charge in [0.15, 0.2) is 5.84 Å². The Hall–Kier alpha value is -3.39. The Bertz CT molecular complexity index is 919. The minimum atomic E-state index is 0.188. The molecule has 0 saturated heterocycles. The number of amidine groups is 1. The van der Waals surface area contributed by atoms with Crippen molar-refractivity contribution in [1.82, 2.24) is 4.90 Å². The van der Waals surface area contributed by atoms with E-state index >= 15 is 0 Å². The van der Waals surface area contributed by atoms with Gasteiger partial charge in [-0.2, -0.15) is 5.10 Å². The molecule has 0 aromatic heterocycles. The number of ether oxygens (including phenoxy) is 1. The summed E-state index contributed by atoms with van der Waals surface area (Å²) >= 11 is 0. The summed E-state index contributed by atoms with van der Waals surface area (Å²) in [6, 6.07) is 12.8. The maximum Gasteiger partial charge on any atom is 0.174 e. The van der Waals surface area contributed by atoms with Crippen molar-refractivity contribution < 1.29 is 4.74 Å². The Morgan fingerprint density at radius 3 is 2.48 bits per heavy atom. The zero-order chi connectivity index (χ0) is 19.6. The molecule has 2 aromatic carbocycles. The second-order valence-corrected chi connectivity index (χ2v) is 6.39. The molecule has 140 valence electrons. The van der Waals surface area contributed by atoms with Crippen LogP contribution in [0.25, 0.3) is 0 Å². The summed E-state index contributed by atoms with van der Waals surface area (Å²) in [6.45, 7) is 0.538. The number of hydrazone groups is 1. The van der Waals surface area contributed by atoms with E-state index in [2.05, 4.69) is 10.1 Å². The number of para-hydroxylation sites is 1. The van der Waals surface area contributed by atoms with Gasteiger partial charge in [0.2, 0.25) is 0 Å². The number of nitrogens with zero attached hydrogens (tertiary/aromatic N) is 4. The van der Waals surface area contributed by atoms with Crippen molar-refractivity contribution in [2.24, 2.45) is 10.1 Å². The number of rotatable bonds is 5. The SMILES string of the molecule is COc1cc(N=C2C(=N)N(c3ccccc3)N=C2CN(C)C)c(N)cc1N. The molecule has 2 aromatic rings. The second-order valence-electron chi connectivity index (χ2n) is 6.39. The fourth-order valence-electron chi connectivity index (χ4n) is 2.73. The molecular weight excluding hydrogens is 342 g/mol. The highest BCUT2D eigenvalue weighted by atomic mass is 16.5. The molecule has 0 bridgehead atoms. The van der Waals surface area contributed by atoms with Gasteiger partial charge in [0, 0.05) is 12.6 Å². The van der Waals surface area contributed by atoms with E-state index in [-0.39, 0.29) is 5.84 Å². The Labute approximate surface area is 158 Å². The number of hydrogen-bond acceptors (Lipinski definition) is 7. The summed E-state index contributed by atoms with van der Waals surface area (Å²) in [5.41, 5.74) is 15.3.